The van der Waals surface area contributed by atoms with Gasteiger partial charge in [-0.15, -0.1) is 5.10 Å². The second-order valence-corrected chi connectivity index (χ2v) is 7.59. The number of carbonyl (C=O) groups is 1. The van der Waals surface area contributed by atoms with Crippen LogP contribution in [0.15, 0.2) is 27.9 Å². The lowest BCUT2D eigenvalue weighted by molar-refractivity contribution is 0.112. The monoisotopic (exact) mass is 449 g/mol. The SMILES string of the molecule is CC.CCCOc1ccc(SCl)cc1-c1nn2c(CCC)c(C=O)c(C)c2c(=O)[nH]1. The average Bonchev–Trinajstić information content (AvgIpc) is 3.05. The normalized spacial score (nSPS) is 10.6. The van der Waals surface area contributed by atoms with Crippen LogP contribution >= 0.6 is 21.7 Å². The molecule has 2 aromatic heterocycles. The Balaban J connectivity index is 0.00000155. The Kier molecular flexibility index (Phi) is 8.99. The van der Waals surface area contributed by atoms with Crippen LogP contribution in [-0.4, -0.2) is 27.5 Å². The van der Waals surface area contributed by atoms with Gasteiger partial charge in [-0.25, -0.2) is 4.52 Å². The number of ether oxygens (including phenoxy) is 1. The van der Waals surface area contributed by atoms with E-state index in [0.717, 1.165) is 40.7 Å². The molecule has 3 rings (SSSR count). The maximum absolute atomic E-state index is 12.9. The summed E-state index contributed by atoms with van der Waals surface area (Å²) in [5, 5.41) is 4.67. The first-order chi connectivity index (χ1) is 14.5. The molecule has 0 fully saturated rings. The van der Waals surface area contributed by atoms with Crippen molar-refractivity contribution in [1.29, 1.82) is 0 Å². The van der Waals surface area contributed by atoms with Crippen molar-refractivity contribution in [2.75, 3.05) is 6.61 Å². The van der Waals surface area contributed by atoms with Crippen molar-refractivity contribution in [3.8, 4) is 17.1 Å². The molecule has 0 bridgehead atoms. The molecule has 0 saturated carbocycles. The number of halogens is 1. The van der Waals surface area contributed by atoms with E-state index in [1.165, 1.54) is 0 Å². The number of H-pyrrole nitrogens is 1. The molecule has 2 heterocycles. The Morgan fingerprint density at radius 3 is 2.60 bits per heavy atom. The zero-order valence-corrected chi connectivity index (χ0v) is 19.6. The zero-order chi connectivity index (χ0) is 22.3. The van der Waals surface area contributed by atoms with Gasteiger partial charge in [0.2, 0.25) is 0 Å². The van der Waals surface area contributed by atoms with Gasteiger partial charge < -0.3 is 9.72 Å². The highest BCUT2D eigenvalue weighted by molar-refractivity contribution is 8.21. The molecule has 0 amide bonds. The third-order valence-electron chi connectivity index (χ3n) is 4.55. The summed E-state index contributed by atoms with van der Waals surface area (Å²) in [6.45, 7) is 10.4. The van der Waals surface area contributed by atoms with Gasteiger partial charge in [-0.1, -0.05) is 34.1 Å². The van der Waals surface area contributed by atoms with Gasteiger partial charge in [-0.05, 0) is 65.2 Å². The second-order valence-electron chi connectivity index (χ2n) is 6.50. The van der Waals surface area contributed by atoms with Gasteiger partial charge in [0.05, 0.1) is 17.9 Å². The van der Waals surface area contributed by atoms with Crippen LogP contribution in [-0.2, 0) is 6.42 Å². The molecule has 0 saturated heterocycles. The third kappa shape index (κ3) is 4.73. The molecule has 30 heavy (non-hydrogen) atoms. The van der Waals surface area contributed by atoms with E-state index < -0.39 is 0 Å². The van der Waals surface area contributed by atoms with Crippen molar-refractivity contribution >= 4 is 33.5 Å². The predicted octanol–water partition coefficient (Wildman–Crippen LogP) is 5.82. The fraction of sp³-hybridized carbons (Fsp3) is 0.409. The number of aryl methyl sites for hydroxylation is 2. The number of benzene rings is 1. The number of hydrogen-bond acceptors (Lipinski definition) is 5. The van der Waals surface area contributed by atoms with Gasteiger partial charge in [0.25, 0.3) is 5.56 Å². The molecule has 0 radical (unpaired) electrons. The highest BCUT2D eigenvalue weighted by Gasteiger charge is 2.20. The summed E-state index contributed by atoms with van der Waals surface area (Å²) < 4.78 is 7.44. The molecule has 0 atom stereocenters. The molecule has 0 aliphatic heterocycles. The number of rotatable bonds is 8. The van der Waals surface area contributed by atoms with Crippen LogP contribution in [0.25, 0.3) is 16.9 Å². The van der Waals surface area contributed by atoms with Crippen molar-refractivity contribution in [2.24, 2.45) is 0 Å². The molecule has 6 nitrogen and oxygen atoms in total. The minimum atomic E-state index is -0.293. The lowest BCUT2D eigenvalue weighted by Gasteiger charge is -2.12. The van der Waals surface area contributed by atoms with Crippen LogP contribution in [0.4, 0.5) is 0 Å². The minimum absolute atomic E-state index is 0.293. The van der Waals surface area contributed by atoms with E-state index in [-0.39, 0.29) is 5.56 Å². The zero-order valence-electron chi connectivity index (χ0n) is 18.0. The molecule has 0 aliphatic rings. The van der Waals surface area contributed by atoms with Gasteiger partial charge in [-0.3, -0.25) is 9.59 Å². The summed E-state index contributed by atoms with van der Waals surface area (Å²) in [6.07, 6.45) is 3.14. The minimum Gasteiger partial charge on any atom is -0.493 e. The van der Waals surface area contributed by atoms with Crippen LogP contribution in [0.2, 0.25) is 0 Å². The maximum atomic E-state index is 12.9. The smallest absolute Gasteiger partial charge is 0.275 e. The number of carbonyl (C=O) groups excluding carboxylic acids is 1. The van der Waals surface area contributed by atoms with E-state index in [2.05, 4.69) is 10.1 Å². The Morgan fingerprint density at radius 2 is 2.00 bits per heavy atom. The van der Waals surface area contributed by atoms with E-state index in [4.69, 9.17) is 15.4 Å². The molecular weight excluding hydrogens is 422 g/mol. The van der Waals surface area contributed by atoms with Crippen molar-refractivity contribution in [1.82, 2.24) is 14.6 Å². The second kappa shape index (κ2) is 11.2. The summed E-state index contributed by atoms with van der Waals surface area (Å²) in [5.41, 5.74) is 2.68. The predicted molar refractivity (Wildman–Crippen MR) is 124 cm³/mol. The van der Waals surface area contributed by atoms with E-state index >= 15 is 0 Å². The summed E-state index contributed by atoms with van der Waals surface area (Å²) >= 11 is 0. The standard InChI is InChI=1S/C20H22ClN3O3S.C2H6/c1-4-6-16-15(11-25)12(3)18-20(26)22-19(23-24(16)18)14-10-13(28-21)7-8-17(14)27-9-5-2;1-2/h7-8,10-11H,4-6,9H2,1-3H3,(H,22,23,26);1-2H3. The summed E-state index contributed by atoms with van der Waals surface area (Å²) in [6, 6.07) is 5.52. The summed E-state index contributed by atoms with van der Waals surface area (Å²) in [7, 11) is 7.00. The van der Waals surface area contributed by atoms with E-state index in [9.17, 15) is 9.59 Å². The Morgan fingerprint density at radius 1 is 1.27 bits per heavy atom. The van der Waals surface area contributed by atoms with Crippen molar-refractivity contribution in [3.63, 3.8) is 0 Å². The highest BCUT2D eigenvalue weighted by atomic mass is 35.7. The number of aromatic nitrogens is 3. The van der Waals surface area contributed by atoms with E-state index in [0.29, 0.717) is 46.8 Å². The molecule has 8 heteroatoms. The number of aromatic amines is 1. The van der Waals surface area contributed by atoms with Crippen LogP contribution in [0.3, 0.4) is 0 Å². The molecule has 0 unspecified atom stereocenters. The molecule has 3 aromatic rings. The molecule has 0 spiro atoms. The number of aldehydes is 1. The molecular formula is C22H28ClN3O3S. The molecule has 162 valence electrons. The van der Waals surface area contributed by atoms with Crippen LogP contribution < -0.4 is 10.3 Å². The molecule has 1 N–H and O–H groups in total. The first kappa shape index (κ1) is 24.0. The van der Waals surface area contributed by atoms with Crippen molar-refractivity contribution in [3.05, 3.63) is 45.4 Å². The Labute approximate surface area is 185 Å². The number of fused-ring (bicyclic) bond motifs is 1. The van der Waals surface area contributed by atoms with Gasteiger partial charge in [-0.2, -0.15) is 0 Å². The van der Waals surface area contributed by atoms with Crippen LogP contribution in [0, 0.1) is 6.92 Å². The highest BCUT2D eigenvalue weighted by Crippen LogP contribution is 2.34. The summed E-state index contributed by atoms with van der Waals surface area (Å²) in [4.78, 5) is 28.1. The number of nitrogens with one attached hydrogen (secondary N) is 1. The van der Waals surface area contributed by atoms with Gasteiger partial charge >= 0.3 is 0 Å². The van der Waals surface area contributed by atoms with Gasteiger partial charge in [0.15, 0.2) is 12.1 Å². The lowest BCUT2D eigenvalue weighted by atomic mass is 10.1. The quantitative estimate of drug-likeness (QED) is 0.438. The fourth-order valence-electron chi connectivity index (χ4n) is 3.26. The van der Waals surface area contributed by atoms with E-state index in [1.54, 1.807) is 11.4 Å². The number of hydrogen-bond donors (Lipinski definition) is 1. The third-order valence-corrected chi connectivity index (χ3v) is 5.51. The van der Waals surface area contributed by atoms with Gasteiger partial charge in [0.1, 0.15) is 11.3 Å². The van der Waals surface area contributed by atoms with Crippen LogP contribution in [0.5, 0.6) is 5.75 Å². The summed E-state index contributed by atoms with van der Waals surface area (Å²) in [5.74, 6) is 0.997. The topological polar surface area (TPSA) is 76.5 Å². The van der Waals surface area contributed by atoms with Crippen LogP contribution in [0.1, 0.15) is 62.2 Å². The van der Waals surface area contributed by atoms with Crippen molar-refractivity contribution < 1.29 is 9.53 Å². The Hall–Kier alpha value is -2.25. The first-order valence-electron chi connectivity index (χ1n) is 10.2. The first-order valence-corrected chi connectivity index (χ1v) is 11.8. The number of nitrogens with zero attached hydrogens (tertiary/aromatic N) is 2. The Bertz CT molecular complexity index is 1080. The fourth-order valence-corrected chi connectivity index (χ4v) is 3.83. The van der Waals surface area contributed by atoms with Gasteiger partial charge in [0, 0.05) is 10.5 Å². The van der Waals surface area contributed by atoms with Crippen molar-refractivity contribution in [2.45, 2.75) is 58.8 Å². The van der Waals surface area contributed by atoms with E-state index in [1.807, 2.05) is 45.9 Å². The molecule has 0 aliphatic carbocycles. The lowest BCUT2D eigenvalue weighted by Crippen LogP contribution is -2.16. The average molecular weight is 450 g/mol. The maximum Gasteiger partial charge on any atom is 0.275 e. The molecule has 1 aromatic carbocycles. The largest absolute Gasteiger partial charge is 0.493 e.